The number of hydrogen-bond acceptors (Lipinski definition) is 7. The molecule has 2 aliphatic rings. The monoisotopic (exact) mass is 754 g/mol. The minimum Gasteiger partial charge on any atom is -0.343 e. The molecule has 6 amide bonds. The third-order valence-electron chi connectivity index (χ3n) is 10.3. The minimum absolute atomic E-state index is 0.0295. The van der Waals surface area contributed by atoms with Crippen LogP contribution in [0, 0.1) is 11.3 Å². The van der Waals surface area contributed by atoms with Gasteiger partial charge < -0.3 is 42.5 Å². The third-order valence-corrected chi connectivity index (χ3v) is 10.3. The predicted molar refractivity (Wildman–Crippen MR) is 201 cm³/mol. The number of nitrogens with two attached hydrogens (primary N) is 2. The molecular formula is C39H56F2N8O5. The number of unbranched alkanes of at least 4 members (excludes halogenated alkanes) is 1. The van der Waals surface area contributed by atoms with E-state index in [0.29, 0.717) is 19.4 Å². The van der Waals surface area contributed by atoms with E-state index in [9.17, 15) is 24.0 Å². The SMILES string of the molecule is CNC(=O)N1CCC2(CN(C(=O)C(CCCCN)NC(=O)C(CC(C)C)NC(=O)C(Cc3ccccc3)NC(=O)C(N)Cc3ccccc3)C2)C(F)(F)C1. The van der Waals surface area contributed by atoms with E-state index in [1.165, 1.54) is 11.9 Å². The molecule has 0 aromatic heterocycles. The maximum absolute atomic E-state index is 15.4. The molecule has 2 aromatic rings. The van der Waals surface area contributed by atoms with Crippen molar-refractivity contribution in [3.8, 4) is 0 Å². The first kappa shape index (κ1) is 42.1. The van der Waals surface area contributed by atoms with Crippen LogP contribution in [0.4, 0.5) is 13.6 Å². The number of amides is 6. The zero-order valence-corrected chi connectivity index (χ0v) is 31.5. The summed E-state index contributed by atoms with van der Waals surface area (Å²) in [5.74, 6) is -5.48. The lowest BCUT2D eigenvalue weighted by Gasteiger charge is -2.57. The van der Waals surface area contributed by atoms with Crippen molar-refractivity contribution in [2.24, 2.45) is 22.8 Å². The number of carbonyl (C=O) groups excluding carboxylic acids is 5. The van der Waals surface area contributed by atoms with Gasteiger partial charge in [0.05, 0.1) is 18.0 Å². The van der Waals surface area contributed by atoms with E-state index >= 15 is 8.78 Å². The summed E-state index contributed by atoms with van der Waals surface area (Å²) in [5.41, 5.74) is 12.1. The first-order valence-electron chi connectivity index (χ1n) is 18.8. The number of urea groups is 1. The Morgan fingerprint density at radius 1 is 0.759 bits per heavy atom. The highest BCUT2D eigenvalue weighted by Gasteiger charge is 2.64. The van der Waals surface area contributed by atoms with E-state index in [1.54, 1.807) is 0 Å². The van der Waals surface area contributed by atoms with E-state index in [1.807, 2.05) is 74.5 Å². The zero-order chi connectivity index (χ0) is 39.5. The van der Waals surface area contributed by atoms with Crippen molar-refractivity contribution in [1.82, 2.24) is 31.1 Å². The molecule has 4 rings (SSSR count). The lowest BCUT2D eigenvalue weighted by atomic mass is 9.69. The summed E-state index contributed by atoms with van der Waals surface area (Å²) in [4.78, 5) is 69.4. The zero-order valence-electron chi connectivity index (χ0n) is 31.5. The van der Waals surface area contributed by atoms with Crippen LogP contribution in [0.25, 0.3) is 0 Å². The smallest absolute Gasteiger partial charge is 0.317 e. The maximum Gasteiger partial charge on any atom is 0.317 e. The van der Waals surface area contributed by atoms with Crippen molar-refractivity contribution in [2.45, 2.75) is 88.9 Å². The van der Waals surface area contributed by atoms with E-state index in [4.69, 9.17) is 11.5 Å². The summed E-state index contributed by atoms with van der Waals surface area (Å²) in [6, 6.07) is 13.7. The van der Waals surface area contributed by atoms with Gasteiger partial charge in [0.25, 0.3) is 5.92 Å². The first-order chi connectivity index (χ1) is 25.7. The number of nitrogens with zero attached hydrogens (tertiary/aromatic N) is 2. The molecule has 1 spiro atoms. The van der Waals surface area contributed by atoms with Crippen LogP contribution < -0.4 is 32.7 Å². The van der Waals surface area contributed by atoms with Crippen molar-refractivity contribution in [3.63, 3.8) is 0 Å². The second-order valence-corrected chi connectivity index (χ2v) is 15.0. The Bertz CT molecular complexity index is 1580. The number of piperidine rings is 1. The Morgan fingerprint density at radius 3 is 1.87 bits per heavy atom. The van der Waals surface area contributed by atoms with Crippen molar-refractivity contribution in [1.29, 1.82) is 0 Å². The van der Waals surface area contributed by atoms with Gasteiger partial charge in [-0.3, -0.25) is 19.2 Å². The van der Waals surface area contributed by atoms with Crippen LogP contribution in [-0.2, 0) is 32.0 Å². The van der Waals surface area contributed by atoms with Gasteiger partial charge >= 0.3 is 6.03 Å². The van der Waals surface area contributed by atoms with Crippen molar-refractivity contribution in [3.05, 3.63) is 71.8 Å². The third kappa shape index (κ3) is 11.0. The molecule has 2 aliphatic heterocycles. The van der Waals surface area contributed by atoms with Gasteiger partial charge in [0.15, 0.2) is 0 Å². The first-order valence-corrected chi connectivity index (χ1v) is 18.8. The molecule has 0 bridgehead atoms. The van der Waals surface area contributed by atoms with Gasteiger partial charge in [-0.15, -0.1) is 0 Å². The molecule has 0 aliphatic carbocycles. The molecule has 0 saturated carbocycles. The fraction of sp³-hybridized carbons (Fsp3) is 0.564. The number of carbonyl (C=O) groups is 5. The van der Waals surface area contributed by atoms with Crippen LogP contribution in [0.2, 0.25) is 0 Å². The van der Waals surface area contributed by atoms with E-state index in [0.717, 1.165) is 16.0 Å². The van der Waals surface area contributed by atoms with Crippen LogP contribution in [0.15, 0.2) is 60.7 Å². The highest BCUT2D eigenvalue weighted by molar-refractivity contribution is 5.95. The number of benzene rings is 2. The average Bonchev–Trinajstić information content (AvgIpc) is 3.12. The quantitative estimate of drug-likeness (QED) is 0.133. The van der Waals surface area contributed by atoms with Crippen molar-refractivity contribution in [2.75, 3.05) is 39.8 Å². The highest BCUT2D eigenvalue weighted by Crippen LogP contribution is 2.50. The standard InChI is InChI=1S/C39H56F2N8O5/c1-26(2)20-31(47-35(52)32(22-28-14-8-5-9-15-28)46-33(50)29(43)21-27-12-6-4-7-13-27)34(51)45-30(16-10-11-18-42)36(53)49-23-38(24-49)17-19-48(37(54)44-3)25-39(38,40)41/h4-9,12-15,26,29-32H,10-11,16-25,42-43H2,1-3H3,(H,44,54)(H,45,51)(H,46,50)(H,47,52). The maximum atomic E-state index is 15.4. The second kappa shape index (κ2) is 19.1. The number of halogens is 2. The van der Waals surface area contributed by atoms with E-state index in [-0.39, 0.29) is 57.7 Å². The van der Waals surface area contributed by atoms with E-state index in [2.05, 4.69) is 21.3 Å². The number of hydrogen-bond donors (Lipinski definition) is 6. The van der Waals surface area contributed by atoms with Crippen molar-refractivity contribution < 1.29 is 32.8 Å². The lowest BCUT2D eigenvalue weighted by molar-refractivity contribution is -0.219. The number of nitrogens with one attached hydrogen (secondary N) is 4. The molecule has 2 saturated heterocycles. The average molecular weight is 755 g/mol. The fourth-order valence-electron chi connectivity index (χ4n) is 7.10. The lowest BCUT2D eigenvalue weighted by Crippen LogP contribution is -2.73. The number of likely N-dealkylation sites (tertiary alicyclic amines) is 2. The molecule has 8 N–H and O–H groups in total. The molecule has 296 valence electrons. The molecule has 2 fully saturated rings. The summed E-state index contributed by atoms with van der Waals surface area (Å²) in [6.45, 7) is 3.12. The summed E-state index contributed by atoms with van der Waals surface area (Å²) in [7, 11) is 1.38. The number of alkyl halides is 2. The molecule has 4 unspecified atom stereocenters. The summed E-state index contributed by atoms with van der Waals surface area (Å²) in [5, 5.41) is 10.8. The Morgan fingerprint density at radius 2 is 1.31 bits per heavy atom. The van der Waals surface area contributed by atoms with Gasteiger partial charge in [0.1, 0.15) is 18.1 Å². The van der Waals surface area contributed by atoms with Gasteiger partial charge in [-0.2, -0.15) is 0 Å². The molecule has 0 radical (unpaired) electrons. The van der Waals surface area contributed by atoms with Gasteiger partial charge in [0, 0.05) is 33.1 Å². The molecule has 2 heterocycles. The van der Waals surface area contributed by atoms with Gasteiger partial charge in [-0.1, -0.05) is 74.5 Å². The molecule has 13 nitrogen and oxygen atoms in total. The van der Waals surface area contributed by atoms with Crippen LogP contribution in [0.5, 0.6) is 0 Å². The Hall–Kier alpha value is -4.63. The predicted octanol–water partition coefficient (Wildman–Crippen LogP) is 1.94. The van der Waals surface area contributed by atoms with Crippen molar-refractivity contribution >= 4 is 29.7 Å². The second-order valence-electron chi connectivity index (χ2n) is 15.0. The summed E-state index contributed by atoms with van der Waals surface area (Å²) >= 11 is 0. The normalized spacial score (nSPS) is 18.1. The van der Waals surface area contributed by atoms with Gasteiger partial charge in [-0.05, 0) is 62.1 Å². The topological polar surface area (TPSA) is 192 Å². The number of rotatable bonds is 17. The molecule has 2 aromatic carbocycles. The van der Waals surface area contributed by atoms with E-state index < -0.39 is 71.7 Å². The van der Waals surface area contributed by atoms with Crippen LogP contribution in [-0.4, -0.2) is 109 Å². The summed E-state index contributed by atoms with van der Waals surface area (Å²) in [6.07, 6.45) is 1.95. The largest absolute Gasteiger partial charge is 0.343 e. The Balaban J connectivity index is 1.47. The fourth-order valence-corrected chi connectivity index (χ4v) is 7.10. The van der Waals surface area contributed by atoms with Crippen LogP contribution >= 0.6 is 0 Å². The van der Waals surface area contributed by atoms with Gasteiger partial charge in [-0.25, -0.2) is 13.6 Å². The Labute approximate surface area is 316 Å². The van der Waals surface area contributed by atoms with Crippen LogP contribution in [0.3, 0.4) is 0 Å². The molecule has 4 atom stereocenters. The minimum atomic E-state index is -3.21. The molecular weight excluding hydrogens is 698 g/mol. The van der Waals surface area contributed by atoms with Crippen LogP contribution in [0.1, 0.15) is 57.1 Å². The summed E-state index contributed by atoms with van der Waals surface area (Å²) < 4.78 is 30.8. The highest BCUT2D eigenvalue weighted by atomic mass is 19.3. The molecule has 54 heavy (non-hydrogen) atoms. The van der Waals surface area contributed by atoms with Gasteiger partial charge in [0.2, 0.25) is 23.6 Å². The molecule has 15 heteroatoms. The Kier molecular flexibility index (Phi) is 14.9.